The maximum absolute atomic E-state index is 9.07. The van der Waals surface area contributed by atoms with E-state index in [0.717, 1.165) is 12.2 Å². The Morgan fingerprint density at radius 3 is 2.15 bits per heavy atom. The average Bonchev–Trinajstić information content (AvgIpc) is 2.45. The van der Waals surface area contributed by atoms with E-state index in [-0.39, 0.29) is 12.1 Å². The Hall–Kier alpha value is -0.900. The Kier molecular flexibility index (Phi) is 2.71. The number of hydrogen-bond acceptors (Lipinski definition) is 3. The first-order valence-corrected chi connectivity index (χ1v) is 4.55. The molecule has 0 saturated carbocycles. The molecule has 0 aliphatic rings. The fourth-order valence-corrected chi connectivity index (χ4v) is 1.46. The second kappa shape index (κ2) is 3.46. The monoisotopic (exact) mass is 183 g/mol. The van der Waals surface area contributed by atoms with E-state index in [1.165, 1.54) is 0 Å². The van der Waals surface area contributed by atoms with Crippen molar-refractivity contribution in [1.29, 1.82) is 0 Å². The molecule has 1 heterocycles. The molecular weight excluding hydrogens is 166 g/mol. The molecule has 0 fully saturated rings. The van der Waals surface area contributed by atoms with Gasteiger partial charge in [0, 0.05) is 12.0 Å². The van der Waals surface area contributed by atoms with Crippen molar-refractivity contribution < 1.29 is 5.11 Å². The van der Waals surface area contributed by atoms with Gasteiger partial charge in [-0.2, -0.15) is 0 Å². The third-order valence-electron chi connectivity index (χ3n) is 1.93. The van der Waals surface area contributed by atoms with Gasteiger partial charge < -0.3 is 9.67 Å². The van der Waals surface area contributed by atoms with E-state index in [0.29, 0.717) is 5.82 Å². The van der Waals surface area contributed by atoms with Crippen LogP contribution in [0.5, 0.6) is 0 Å². The van der Waals surface area contributed by atoms with Gasteiger partial charge in [0.15, 0.2) is 5.82 Å². The van der Waals surface area contributed by atoms with Crippen molar-refractivity contribution in [3.63, 3.8) is 0 Å². The minimum Gasteiger partial charge on any atom is -0.388 e. The standard InChI is InChI=1S/C9H17N3O/c1-5-7-10-11-8(6-13)12(7)9(2,3)4/h13H,5-6H2,1-4H3. The topological polar surface area (TPSA) is 50.9 Å². The molecule has 0 atom stereocenters. The number of aliphatic hydroxyl groups excluding tert-OH is 1. The Labute approximate surface area is 78.6 Å². The van der Waals surface area contributed by atoms with Crippen molar-refractivity contribution in [3.8, 4) is 0 Å². The molecule has 4 heteroatoms. The third kappa shape index (κ3) is 1.88. The number of hydrogen-bond donors (Lipinski definition) is 1. The summed E-state index contributed by atoms with van der Waals surface area (Å²) in [5, 5.41) is 17.0. The maximum atomic E-state index is 9.07. The normalized spacial score (nSPS) is 12.1. The van der Waals surface area contributed by atoms with Gasteiger partial charge in [0.05, 0.1) is 0 Å². The SMILES string of the molecule is CCc1nnc(CO)n1C(C)(C)C. The molecule has 4 nitrogen and oxygen atoms in total. The van der Waals surface area contributed by atoms with Crippen LogP contribution >= 0.6 is 0 Å². The van der Waals surface area contributed by atoms with Crippen LogP contribution in [0.1, 0.15) is 39.3 Å². The van der Waals surface area contributed by atoms with Gasteiger partial charge in [-0.25, -0.2) is 0 Å². The zero-order valence-corrected chi connectivity index (χ0v) is 8.70. The van der Waals surface area contributed by atoms with Crippen LogP contribution in [0.4, 0.5) is 0 Å². The molecule has 1 N–H and O–H groups in total. The van der Waals surface area contributed by atoms with E-state index in [2.05, 4.69) is 31.0 Å². The van der Waals surface area contributed by atoms with Crippen molar-refractivity contribution in [2.45, 2.75) is 46.3 Å². The second-order valence-electron chi connectivity index (χ2n) is 4.05. The van der Waals surface area contributed by atoms with Crippen molar-refractivity contribution in [1.82, 2.24) is 14.8 Å². The minimum absolute atomic E-state index is 0.0513. The molecule has 0 bridgehead atoms. The van der Waals surface area contributed by atoms with Crippen LogP contribution in [0, 0.1) is 0 Å². The van der Waals surface area contributed by atoms with Crippen LogP contribution in [0.2, 0.25) is 0 Å². The van der Waals surface area contributed by atoms with Gasteiger partial charge in [-0.05, 0) is 20.8 Å². The van der Waals surface area contributed by atoms with Crippen molar-refractivity contribution >= 4 is 0 Å². The summed E-state index contributed by atoms with van der Waals surface area (Å²) in [5.41, 5.74) is -0.0626. The van der Waals surface area contributed by atoms with E-state index in [4.69, 9.17) is 5.11 Å². The molecule has 1 rings (SSSR count). The first-order valence-electron chi connectivity index (χ1n) is 4.55. The zero-order valence-electron chi connectivity index (χ0n) is 8.70. The molecule has 0 radical (unpaired) electrons. The lowest BCUT2D eigenvalue weighted by molar-refractivity contribution is 0.248. The Morgan fingerprint density at radius 2 is 1.77 bits per heavy atom. The van der Waals surface area contributed by atoms with E-state index in [1.54, 1.807) is 0 Å². The molecule has 1 aromatic heterocycles. The van der Waals surface area contributed by atoms with Gasteiger partial charge in [0.1, 0.15) is 12.4 Å². The highest BCUT2D eigenvalue weighted by molar-refractivity contribution is 4.99. The van der Waals surface area contributed by atoms with Gasteiger partial charge >= 0.3 is 0 Å². The summed E-state index contributed by atoms with van der Waals surface area (Å²) < 4.78 is 1.99. The molecule has 0 saturated heterocycles. The lowest BCUT2D eigenvalue weighted by atomic mass is 10.1. The first kappa shape index (κ1) is 10.2. The minimum atomic E-state index is -0.0626. The second-order valence-corrected chi connectivity index (χ2v) is 4.05. The van der Waals surface area contributed by atoms with Crippen LogP contribution in [-0.4, -0.2) is 19.9 Å². The lowest BCUT2D eigenvalue weighted by Gasteiger charge is -2.24. The van der Waals surface area contributed by atoms with Gasteiger partial charge in [-0.15, -0.1) is 10.2 Å². The van der Waals surface area contributed by atoms with E-state index < -0.39 is 0 Å². The highest BCUT2D eigenvalue weighted by Gasteiger charge is 2.21. The fraction of sp³-hybridized carbons (Fsp3) is 0.778. The quantitative estimate of drug-likeness (QED) is 0.746. The molecule has 0 aromatic carbocycles. The van der Waals surface area contributed by atoms with Crippen LogP contribution in [-0.2, 0) is 18.6 Å². The van der Waals surface area contributed by atoms with Crippen LogP contribution in [0.15, 0.2) is 0 Å². The maximum Gasteiger partial charge on any atom is 0.159 e. The van der Waals surface area contributed by atoms with Crippen molar-refractivity contribution in [3.05, 3.63) is 11.6 Å². The predicted octanol–water partition coefficient (Wildman–Crippen LogP) is 1.09. The summed E-state index contributed by atoms with van der Waals surface area (Å²) in [6.45, 7) is 8.22. The van der Waals surface area contributed by atoms with E-state index in [1.807, 2.05) is 11.5 Å². The van der Waals surface area contributed by atoms with Crippen molar-refractivity contribution in [2.75, 3.05) is 0 Å². The van der Waals surface area contributed by atoms with Gasteiger partial charge in [-0.1, -0.05) is 6.92 Å². The molecular formula is C9H17N3O. The summed E-state index contributed by atoms with van der Waals surface area (Å²) >= 11 is 0. The van der Waals surface area contributed by atoms with Gasteiger partial charge in [-0.3, -0.25) is 0 Å². The smallest absolute Gasteiger partial charge is 0.159 e. The lowest BCUT2D eigenvalue weighted by Crippen LogP contribution is -2.26. The number of aliphatic hydroxyl groups is 1. The number of aryl methyl sites for hydroxylation is 1. The number of rotatable bonds is 2. The van der Waals surface area contributed by atoms with E-state index in [9.17, 15) is 0 Å². The largest absolute Gasteiger partial charge is 0.388 e. The first-order chi connectivity index (χ1) is 6.00. The molecule has 0 aliphatic carbocycles. The summed E-state index contributed by atoms with van der Waals surface area (Å²) in [5.74, 6) is 1.57. The highest BCUT2D eigenvalue weighted by Crippen LogP contribution is 2.18. The molecule has 0 unspecified atom stereocenters. The predicted molar refractivity (Wildman–Crippen MR) is 50.3 cm³/mol. The molecule has 0 amide bonds. The fourth-order valence-electron chi connectivity index (χ4n) is 1.46. The average molecular weight is 183 g/mol. The zero-order chi connectivity index (χ0) is 10.1. The van der Waals surface area contributed by atoms with Crippen LogP contribution < -0.4 is 0 Å². The highest BCUT2D eigenvalue weighted by atomic mass is 16.3. The van der Waals surface area contributed by atoms with Crippen LogP contribution in [0.3, 0.4) is 0 Å². The van der Waals surface area contributed by atoms with Gasteiger partial charge in [0.25, 0.3) is 0 Å². The number of aromatic nitrogens is 3. The summed E-state index contributed by atoms with van der Waals surface area (Å²) in [4.78, 5) is 0. The molecule has 1 aromatic rings. The molecule has 13 heavy (non-hydrogen) atoms. The summed E-state index contributed by atoms with van der Waals surface area (Å²) in [6.07, 6.45) is 0.838. The third-order valence-corrected chi connectivity index (χ3v) is 1.93. The van der Waals surface area contributed by atoms with E-state index >= 15 is 0 Å². The molecule has 0 aliphatic heterocycles. The van der Waals surface area contributed by atoms with Crippen LogP contribution in [0.25, 0.3) is 0 Å². The molecule has 0 spiro atoms. The Morgan fingerprint density at radius 1 is 1.23 bits per heavy atom. The van der Waals surface area contributed by atoms with Gasteiger partial charge in [0.2, 0.25) is 0 Å². The summed E-state index contributed by atoms with van der Waals surface area (Å²) in [7, 11) is 0. The Bertz CT molecular complexity index is 264. The number of nitrogens with zero attached hydrogens (tertiary/aromatic N) is 3. The Balaban J connectivity index is 3.20. The molecule has 74 valence electrons. The van der Waals surface area contributed by atoms with Crippen molar-refractivity contribution in [2.24, 2.45) is 0 Å². The summed E-state index contributed by atoms with van der Waals surface area (Å²) in [6, 6.07) is 0.